The van der Waals surface area contributed by atoms with E-state index in [1.165, 1.54) is 32.1 Å². The average Bonchev–Trinajstić information content (AvgIpc) is 2.39. The number of hydrogen-bond acceptors (Lipinski definition) is 2. The Morgan fingerprint density at radius 3 is 2.15 bits per heavy atom. The van der Waals surface area contributed by atoms with Crippen molar-refractivity contribution >= 4 is 0 Å². The molecule has 3 atom stereocenters. The Balaban J connectivity index is 1.82. The Morgan fingerprint density at radius 1 is 0.900 bits per heavy atom. The molecule has 0 aromatic carbocycles. The summed E-state index contributed by atoms with van der Waals surface area (Å²) < 4.78 is 12.2. The van der Waals surface area contributed by atoms with Crippen molar-refractivity contribution < 1.29 is 9.47 Å². The van der Waals surface area contributed by atoms with E-state index in [0.717, 1.165) is 19.6 Å². The molecule has 20 heavy (non-hydrogen) atoms. The molecule has 2 nitrogen and oxygen atoms in total. The Morgan fingerprint density at radius 2 is 1.65 bits per heavy atom. The third-order valence-electron chi connectivity index (χ3n) is 5.40. The summed E-state index contributed by atoms with van der Waals surface area (Å²) in [5.41, 5.74) is 0.632. The van der Waals surface area contributed by atoms with Crippen LogP contribution in [0.1, 0.15) is 73.1 Å². The monoisotopic (exact) mass is 282 g/mol. The van der Waals surface area contributed by atoms with Crippen LogP contribution < -0.4 is 0 Å². The highest BCUT2D eigenvalue weighted by molar-refractivity contribution is 4.87. The van der Waals surface area contributed by atoms with Gasteiger partial charge in [-0.1, -0.05) is 34.6 Å². The molecule has 0 aliphatic carbocycles. The largest absolute Gasteiger partial charge is 0.378 e. The molecule has 2 heterocycles. The number of ether oxygens (including phenoxy) is 2. The standard InChI is InChI=1S/C18H34O2/c1-17(2,3)14-9-10-15(20-13-14)12-18(4,5)16-8-6-7-11-19-16/h14-16H,6-13H2,1-5H3. The van der Waals surface area contributed by atoms with Gasteiger partial charge in [-0.15, -0.1) is 0 Å². The van der Waals surface area contributed by atoms with E-state index in [2.05, 4.69) is 34.6 Å². The quantitative estimate of drug-likeness (QED) is 0.739. The zero-order chi connectivity index (χ0) is 14.8. The second-order valence-electron chi connectivity index (χ2n) is 8.64. The van der Waals surface area contributed by atoms with Gasteiger partial charge in [0.15, 0.2) is 0 Å². The summed E-state index contributed by atoms with van der Waals surface area (Å²) in [6.07, 6.45) is 8.34. The zero-order valence-corrected chi connectivity index (χ0v) is 14.2. The van der Waals surface area contributed by atoms with Crippen LogP contribution >= 0.6 is 0 Å². The van der Waals surface area contributed by atoms with E-state index in [-0.39, 0.29) is 5.41 Å². The lowest BCUT2D eigenvalue weighted by Gasteiger charge is -2.42. The highest BCUT2D eigenvalue weighted by Crippen LogP contribution is 2.40. The molecular weight excluding hydrogens is 248 g/mol. The molecule has 0 aromatic heterocycles. The molecule has 0 N–H and O–H groups in total. The first-order chi connectivity index (χ1) is 9.29. The molecule has 0 spiro atoms. The molecule has 2 aliphatic heterocycles. The van der Waals surface area contributed by atoms with Gasteiger partial charge in [-0.2, -0.15) is 0 Å². The molecule has 2 rings (SSSR count). The summed E-state index contributed by atoms with van der Waals surface area (Å²) in [6, 6.07) is 0. The Hall–Kier alpha value is -0.0800. The molecule has 0 aromatic rings. The van der Waals surface area contributed by atoms with Gasteiger partial charge in [0.25, 0.3) is 0 Å². The van der Waals surface area contributed by atoms with Crippen molar-refractivity contribution in [2.24, 2.45) is 16.7 Å². The molecule has 0 saturated carbocycles. The van der Waals surface area contributed by atoms with Crippen molar-refractivity contribution in [1.29, 1.82) is 0 Å². The third kappa shape index (κ3) is 4.21. The lowest BCUT2D eigenvalue weighted by molar-refractivity contribution is -0.102. The third-order valence-corrected chi connectivity index (χ3v) is 5.40. The fraction of sp³-hybridized carbons (Fsp3) is 1.00. The van der Waals surface area contributed by atoms with Gasteiger partial charge in [0, 0.05) is 6.61 Å². The van der Waals surface area contributed by atoms with Crippen LogP contribution in [0.15, 0.2) is 0 Å². The second kappa shape index (κ2) is 6.36. The predicted octanol–water partition coefficient (Wildman–Crippen LogP) is 4.81. The maximum Gasteiger partial charge on any atom is 0.0627 e. The molecule has 118 valence electrons. The van der Waals surface area contributed by atoms with Crippen molar-refractivity contribution in [3.05, 3.63) is 0 Å². The maximum absolute atomic E-state index is 6.19. The van der Waals surface area contributed by atoms with Crippen molar-refractivity contribution in [2.45, 2.75) is 85.4 Å². The van der Waals surface area contributed by atoms with Gasteiger partial charge in [0.2, 0.25) is 0 Å². The van der Waals surface area contributed by atoms with Crippen molar-refractivity contribution in [2.75, 3.05) is 13.2 Å². The topological polar surface area (TPSA) is 18.5 Å². The van der Waals surface area contributed by atoms with E-state index in [1.54, 1.807) is 0 Å². The van der Waals surface area contributed by atoms with Crippen molar-refractivity contribution in [3.63, 3.8) is 0 Å². The minimum atomic E-state index is 0.250. The van der Waals surface area contributed by atoms with E-state index in [9.17, 15) is 0 Å². The van der Waals surface area contributed by atoms with Crippen LogP contribution in [0.25, 0.3) is 0 Å². The van der Waals surface area contributed by atoms with E-state index in [1.807, 2.05) is 0 Å². The summed E-state index contributed by atoms with van der Waals surface area (Å²) in [4.78, 5) is 0. The Kier molecular flexibility index (Phi) is 5.18. The van der Waals surface area contributed by atoms with Gasteiger partial charge < -0.3 is 9.47 Å². The van der Waals surface area contributed by atoms with Crippen LogP contribution in [0.4, 0.5) is 0 Å². The summed E-state index contributed by atoms with van der Waals surface area (Å²) in [5.74, 6) is 0.716. The van der Waals surface area contributed by atoms with E-state index in [0.29, 0.717) is 23.5 Å². The zero-order valence-electron chi connectivity index (χ0n) is 14.2. The van der Waals surface area contributed by atoms with Gasteiger partial charge in [0.1, 0.15) is 0 Å². The van der Waals surface area contributed by atoms with Gasteiger partial charge in [0.05, 0.1) is 18.8 Å². The van der Waals surface area contributed by atoms with Gasteiger partial charge >= 0.3 is 0 Å². The SMILES string of the molecule is CC(C)(C)C1CCC(CC(C)(C)C2CCCCO2)OC1. The summed E-state index contributed by atoms with van der Waals surface area (Å²) >= 11 is 0. The fourth-order valence-electron chi connectivity index (χ4n) is 3.73. The Labute approximate surface area is 125 Å². The molecule has 2 saturated heterocycles. The average molecular weight is 282 g/mol. The van der Waals surface area contributed by atoms with E-state index >= 15 is 0 Å². The van der Waals surface area contributed by atoms with Crippen LogP contribution in [0.2, 0.25) is 0 Å². The molecular formula is C18H34O2. The minimum Gasteiger partial charge on any atom is -0.378 e. The Bertz CT molecular complexity index is 289. The molecule has 2 aliphatic rings. The fourth-order valence-corrected chi connectivity index (χ4v) is 3.73. The van der Waals surface area contributed by atoms with E-state index in [4.69, 9.17) is 9.47 Å². The van der Waals surface area contributed by atoms with E-state index < -0.39 is 0 Å². The predicted molar refractivity (Wildman–Crippen MR) is 83.9 cm³/mol. The van der Waals surface area contributed by atoms with Gasteiger partial charge in [-0.05, 0) is 55.3 Å². The van der Waals surface area contributed by atoms with Crippen LogP contribution in [0.5, 0.6) is 0 Å². The lowest BCUT2D eigenvalue weighted by Crippen LogP contribution is -2.40. The second-order valence-corrected chi connectivity index (χ2v) is 8.64. The lowest BCUT2D eigenvalue weighted by atomic mass is 9.74. The first-order valence-corrected chi connectivity index (χ1v) is 8.52. The normalized spacial score (nSPS) is 33.1. The minimum absolute atomic E-state index is 0.250. The first kappa shape index (κ1) is 16.3. The maximum atomic E-state index is 6.19. The molecule has 2 fully saturated rings. The van der Waals surface area contributed by atoms with Gasteiger partial charge in [-0.25, -0.2) is 0 Å². The molecule has 0 amide bonds. The van der Waals surface area contributed by atoms with Crippen molar-refractivity contribution in [1.82, 2.24) is 0 Å². The summed E-state index contributed by atoms with van der Waals surface area (Å²) in [5, 5.41) is 0. The molecule has 0 bridgehead atoms. The first-order valence-electron chi connectivity index (χ1n) is 8.52. The smallest absolute Gasteiger partial charge is 0.0627 e. The van der Waals surface area contributed by atoms with Gasteiger partial charge in [-0.3, -0.25) is 0 Å². The van der Waals surface area contributed by atoms with Crippen LogP contribution in [-0.2, 0) is 9.47 Å². The van der Waals surface area contributed by atoms with Crippen molar-refractivity contribution in [3.8, 4) is 0 Å². The molecule has 3 unspecified atom stereocenters. The van der Waals surface area contributed by atoms with Crippen LogP contribution in [0, 0.1) is 16.7 Å². The highest BCUT2D eigenvalue weighted by atomic mass is 16.5. The van der Waals surface area contributed by atoms with Crippen LogP contribution in [-0.4, -0.2) is 25.4 Å². The van der Waals surface area contributed by atoms with Crippen LogP contribution in [0.3, 0.4) is 0 Å². The molecule has 2 heteroatoms. The number of hydrogen-bond donors (Lipinski definition) is 0. The number of rotatable bonds is 3. The summed E-state index contributed by atoms with van der Waals surface area (Å²) in [6.45, 7) is 13.6. The molecule has 0 radical (unpaired) electrons. The summed E-state index contributed by atoms with van der Waals surface area (Å²) in [7, 11) is 0. The highest BCUT2D eigenvalue weighted by Gasteiger charge is 2.37.